The van der Waals surface area contributed by atoms with Crippen LogP contribution in [0.15, 0.2) is 11.4 Å². The number of carbonyl (C=O) groups excluding carboxylic acids is 2. The maximum absolute atomic E-state index is 12.5. The van der Waals surface area contributed by atoms with E-state index in [1.165, 1.54) is 11.3 Å². The third-order valence-electron chi connectivity index (χ3n) is 3.06. The van der Waals surface area contributed by atoms with Gasteiger partial charge in [-0.1, -0.05) is 6.92 Å². The third kappa shape index (κ3) is 3.70. The van der Waals surface area contributed by atoms with Gasteiger partial charge in [0.15, 0.2) is 0 Å². The quantitative estimate of drug-likeness (QED) is 0.773. The van der Waals surface area contributed by atoms with Gasteiger partial charge in [-0.05, 0) is 35.1 Å². The molecule has 0 radical (unpaired) electrons. The molecular formula is C13H17IN2O3S. The first-order valence-corrected chi connectivity index (χ1v) is 8.49. The van der Waals surface area contributed by atoms with Crippen molar-refractivity contribution >= 4 is 45.7 Å². The van der Waals surface area contributed by atoms with Gasteiger partial charge < -0.3 is 15.0 Å². The van der Waals surface area contributed by atoms with Crippen LogP contribution < -0.4 is 5.32 Å². The first kappa shape index (κ1) is 15.7. The molecule has 0 saturated carbocycles. The van der Waals surface area contributed by atoms with E-state index in [1.54, 1.807) is 4.90 Å². The summed E-state index contributed by atoms with van der Waals surface area (Å²) in [5.74, 6) is -0.228. The molecule has 0 aliphatic carbocycles. The summed E-state index contributed by atoms with van der Waals surface area (Å²) in [6, 6.07) is 1.32. The first-order chi connectivity index (χ1) is 9.63. The van der Waals surface area contributed by atoms with Crippen LogP contribution in [0.25, 0.3) is 0 Å². The Morgan fingerprint density at radius 2 is 2.40 bits per heavy atom. The monoisotopic (exact) mass is 408 g/mol. The van der Waals surface area contributed by atoms with Gasteiger partial charge in [-0.3, -0.25) is 9.59 Å². The van der Waals surface area contributed by atoms with Crippen molar-refractivity contribution in [2.24, 2.45) is 0 Å². The molecule has 0 bridgehead atoms. The highest BCUT2D eigenvalue weighted by molar-refractivity contribution is 14.1. The molecule has 110 valence electrons. The summed E-state index contributed by atoms with van der Waals surface area (Å²) in [7, 11) is 0. The Kier molecular flexibility index (Phi) is 5.79. The van der Waals surface area contributed by atoms with Crippen molar-refractivity contribution in [3.63, 3.8) is 0 Å². The van der Waals surface area contributed by atoms with Gasteiger partial charge in [0, 0.05) is 18.5 Å². The van der Waals surface area contributed by atoms with E-state index in [0.29, 0.717) is 25.3 Å². The minimum atomic E-state index is -0.527. The molecule has 2 amide bonds. The number of halogens is 1. The normalized spacial score (nSPS) is 18.9. The van der Waals surface area contributed by atoms with Crippen LogP contribution >= 0.6 is 33.9 Å². The highest BCUT2D eigenvalue weighted by atomic mass is 127. The summed E-state index contributed by atoms with van der Waals surface area (Å²) in [5, 5.41) is 4.67. The average molecular weight is 408 g/mol. The van der Waals surface area contributed by atoms with Crippen molar-refractivity contribution in [3.8, 4) is 0 Å². The fraction of sp³-hybridized carbons (Fsp3) is 0.538. The minimum Gasteiger partial charge on any atom is -0.377 e. The van der Waals surface area contributed by atoms with Crippen LogP contribution in [-0.2, 0) is 9.53 Å². The lowest BCUT2D eigenvalue weighted by Crippen LogP contribution is -2.55. The topological polar surface area (TPSA) is 58.6 Å². The van der Waals surface area contributed by atoms with Crippen LogP contribution in [0.1, 0.15) is 23.7 Å². The summed E-state index contributed by atoms with van der Waals surface area (Å²) in [6.07, 6.45) is 0.871. The van der Waals surface area contributed by atoms with Crippen molar-refractivity contribution in [3.05, 3.63) is 19.9 Å². The minimum absolute atomic E-state index is 0.0934. The number of carbonyl (C=O) groups is 2. The molecule has 1 unspecified atom stereocenters. The molecule has 1 fully saturated rings. The van der Waals surface area contributed by atoms with Crippen LogP contribution in [0, 0.1) is 2.88 Å². The molecule has 0 spiro atoms. The Hall–Kier alpha value is -0.670. The van der Waals surface area contributed by atoms with Gasteiger partial charge in [0.25, 0.3) is 5.91 Å². The molecule has 2 heterocycles. The van der Waals surface area contributed by atoms with Gasteiger partial charge in [-0.2, -0.15) is 0 Å². The Bertz CT molecular complexity index is 492. The first-order valence-electron chi connectivity index (χ1n) is 6.54. The fourth-order valence-corrected chi connectivity index (χ4v) is 3.34. The van der Waals surface area contributed by atoms with Gasteiger partial charge >= 0.3 is 0 Å². The summed E-state index contributed by atoms with van der Waals surface area (Å²) in [4.78, 5) is 26.2. The molecule has 7 heteroatoms. The zero-order valence-electron chi connectivity index (χ0n) is 11.2. The SMILES string of the molecule is CCCNC(=O)C1COCCN1C(=O)c1csc(I)c1. The Labute approximate surface area is 135 Å². The molecule has 1 aromatic rings. The largest absolute Gasteiger partial charge is 0.377 e. The summed E-state index contributed by atoms with van der Waals surface area (Å²) in [6.45, 7) is 3.81. The van der Waals surface area contributed by atoms with Gasteiger partial charge in [-0.15, -0.1) is 11.3 Å². The van der Waals surface area contributed by atoms with E-state index in [1.807, 2.05) is 18.4 Å². The number of morpholine rings is 1. The molecule has 5 nitrogen and oxygen atoms in total. The maximum atomic E-state index is 12.5. The molecule has 1 saturated heterocycles. The number of amides is 2. The Morgan fingerprint density at radius 3 is 3.05 bits per heavy atom. The van der Waals surface area contributed by atoms with Crippen LogP contribution in [0.4, 0.5) is 0 Å². The zero-order chi connectivity index (χ0) is 14.5. The predicted octanol–water partition coefficient (Wildman–Crippen LogP) is 1.72. The van der Waals surface area contributed by atoms with Gasteiger partial charge in [0.1, 0.15) is 6.04 Å². The van der Waals surface area contributed by atoms with Crippen molar-refractivity contribution in [1.29, 1.82) is 0 Å². The number of hydrogen-bond donors (Lipinski definition) is 1. The molecular weight excluding hydrogens is 391 g/mol. The zero-order valence-corrected chi connectivity index (χ0v) is 14.2. The predicted molar refractivity (Wildman–Crippen MR) is 86.0 cm³/mol. The van der Waals surface area contributed by atoms with Crippen LogP contribution in [0.5, 0.6) is 0 Å². The van der Waals surface area contributed by atoms with Crippen molar-refractivity contribution in [1.82, 2.24) is 10.2 Å². The van der Waals surface area contributed by atoms with Crippen molar-refractivity contribution in [2.75, 3.05) is 26.3 Å². The molecule has 1 aliphatic heterocycles. The number of rotatable bonds is 4. The number of ether oxygens (including phenoxy) is 1. The summed E-state index contributed by atoms with van der Waals surface area (Å²) in [5.41, 5.74) is 0.648. The second kappa shape index (κ2) is 7.37. The lowest BCUT2D eigenvalue weighted by molar-refractivity contribution is -0.130. The molecule has 20 heavy (non-hydrogen) atoms. The molecule has 1 aromatic heterocycles. The van der Waals surface area contributed by atoms with Crippen molar-refractivity contribution in [2.45, 2.75) is 19.4 Å². The number of hydrogen-bond acceptors (Lipinski definition) is 4. The second-order valence-electron chi connectivity index (χ2n) is 4.52. The standard InChI is InChI=1S/C13H17IN2O3S/c1-2-3-15-12(17)10-7-19-5-4-16(10)13(18)9-6-11(14)20-8-9/h6,8,10H,2-5,7H2,1H3,(H,15,17). The fourth-order valence-electron chi connectivity index (χ4n) is 2.02. The van der Waals surface area contributed by atoms with Gasteiger partial charge in [-0.25, -0.2) is 0 Å². The van der Waals surface area contributed by atoms with Crippen LogP contribution in [0.3, 0.4) is 0 Å². The average Bonchev–Trinajstić information content (AvgIpc) is 2.90. The highest BCUT2D eigenvalue weighted by Crippen LogP contribution is 2.20. The maximum Gasteiger partial charge on any atom is 0.255 e. The Balaban J connectivity index is 2.10. The van der Waals surface area contributed by atoms with Gasteiger partial charge in [0.05, 0.1) is 21.7 Å². The van der Waals surface area contributed by atoms with Crippen LogP contribution in [-0.4, -0.2) is 49.1 Å². The number of thiophene rings is 1. The smallest absolute Gasteiger partial charge is 0.255 e. The number of nitrogens with one attached hydrogen (secondary N) is 1. The summed E-state index contributed by atoms with van der Waals surface area (Å²) >= 11 is 3.71. The molecule has 0 aromatic carbocycles. The third-order valence-corrected chi connectivity index (χ3v) is 4.84. The van der Waals surface area contributed by atoms with Gasteiger partial charge in [0.2, 0.25) is 5.91 Å². The van der Waals surface area contributed by atoms with E-state index in [9.17, 15) is 9.59 Å². The highest BCUT2D eigenvalue weighted by Gasteiger charge is 2.33. The molecule has 2 rings (SSSR count). The Morgan fingerprint density at radius 1 is 1.60 bits per heavy atom. The molecule has 1 atom stereocenters. The molecule has 1 N–H and O–H groups in total. The molecule has 1 aliphatic rings. The van der Waals surface area contributed by atoms with E-state index >= 15 is 0 Å². The van der Waals surface area contributed by atoms with E-state index in [2.05, 4.69) is 27.9 Å². The summed E-state index contributed by atoms with van der Waals surface area (Å²) < 4.78 is 6.41. The van der Waals surface area contributed by atoms with E-state index in [-0.39, 0.29) is 18.4 Å². The van der Waals surface area contributed by atoms with E-state index < -0.39 is 6.04 Å². The van der Waals surface area contributed by atoms with E-state index in [4.69, 9.17) is 4.74 Å². The van der Waals surface area contributed by atoms with Crippen LogP contribution in [0.2, 0.25) is 0 Å². The second-order valence-corrected chi connectivity index (χ2v) is 7.33. The lowest BCUT2D eigenvalue weighted by Gasteiger charge is -2.34. The van der Waals surface area contributed by atoms with Crippen molar-refractivity contribution < 1.29 is 14.3 Å². The lowest BCUT2D eigenvalue weighted by atomic mass is 10.1. The number of nitrogens with zero attached hydrogens (tertiary/aromatic N) is 1. The van der Waals surface area contributed by atoms with E-state index in [0.717, 1.165) is 9.30 Å².